The van der Waals surface area contributed by atoms with Gasteiger partial charge in [0, 0.05) is 18.3 Å². The van der Waals surface area contributed by atoms with Gasteiger partial charge in [0.2, 0.25) is 5.91 Å². The normalized spacial score (nSPS) is 11.9. The van der Waals surface area contributed by atoms with Crippen molar-refractivity contribution in [3.8, 4) is 5.75 Å². The Morgan fingerprint density at radius 3 is 2.72 bits per heavy atom. The zero-order valence-electron chi connectivity index (χ0n) is 10.6. The third-order valence-electron chi connectivity index (χ3n) is 2.45. The lowest BCUT2D eigenvalue weighted by Gasteiger charge is -2.12. The number of carbonyl (C=O) groups excluding carboxylic acids is 1. The molecule has 0 fully saturated rings. The Morgan fingerprint density at radius 1 is 1.44 bits per heavy atom. The third kappa shape index (κ3) is 5.54. The smallest absolute Gasteiger partial charge is 0.223 e. The Balaban J connectivity index is 2.21. The minimum absolute atomic E-state index is 0.0148. The zero-order valence-corrected chi connectivity index (χ0v) is 10.6. The van der Waals surface area contributed by atoms with Gasteiger partial charge < -0.3 is 20.9 Å². The van der Waals surface area contributed by atoms with Crippen molar-refractivity contribution in [1.82, 2.24) is 5.32 Å². The largest absolute Gasteiger partial charge is 0.493 e. The van der Waals surface area contributed by atoms with Crippen LogP contribution in [0.1, 0.15) is 19.8 Å². The number of rotatable bonds is 7. The number of carbonyl (C=O) groups is 1. The molecule has 0 aromatic heterocycles. The quantitative estimate of drug-likeness (QED) is 0.630. The van der Waals surface area contributed by atoms with Gasteiger partial charge in [0.1, 0.15) is 5.75 Å². The van der Waals surface area contributed by atoms with Gasteiger partial charge in [-0.3, -0.25) is 4.79 Å². The summed E-state index contributed by atoms with van der Waals surface area (Å²) in [7, 11) is 0. The molecule has 0 saturated heterocycles. The van der Waals surface area contributed by atoms with Crippen molar-refractivity contribution in [2.75, 3.05) is 18.9 Å². The summed E-state index contributed by atoms with van der Waals surface area (Å²) in [6.07, 6.45) is 0.852. The van der Waals surface area contributed by atoms with Crippen LogP contribution in [-0.2, 0) is 4.79 Å². The van der Waals surface area contributed by atoms with Crippen LogP contribution in [0, 0.1) is 0 Å². The monoisotopic (exact) mass is 252 g/mol. The molecule has 1 unspecified atom stereocenters. The number of nitrogens with two attached hydrogens (primary N) is 1. The second kappa shape index (κ2) is 7.55. The third-order valence-corrected chi connectivity index (χ3v) is 2.45. The predicted octanol–water partition coefficient (Wildman–Crippen LogP) is 0.925. The summed E-state index contributed by atoms with van der Waals surface area (Å²) in [6, 6.07) is 7.01. The Kier molecular flexibility index (Phi) is 6.00. The first kappa shape index (κ1) is 14.3. The second-order valence-electron chi connectivity index (χ2n) is 4.15. The van der Waals surface area contributed by atoms with Gasteiger partial charge in [-0.05, 0) is 37.6 Å². The number of aliphatic hydroxyl groups is 1. The summed E-state index contributed by atoms with van der Waals surface area (Å²) >= 11 is 0. The van der Waals surface area contributed by atoms with Gasteiger partial charge in [-0.15, -0.1) is 0 Å². The molecule has 0 aliphatic rings. The highest BCUT2D eigenvalue weighted by Crippen LogP contribution is 2.13. The average molecular weight is 252 g/mol. The van der Waals surface area contributed by atoms with Crippen LogP contribution in [0.5, 0.6) is 5.75 Å². The van der Waals surface area contributed by atoms with E-state index in [9.17, 15) is 4.79 Å². The summed E-state index contributed by atoms with van der Waals surface area (Å²) in [6.45, 7) is 2.25. The van der Waals surface area contributed by atoms with Gasteiger partial charge in [0.25, 0.3) is 0 Å². The fourth-order valence-electron chi connectivity index (χ4n) is 1.44. The molecule has 100 valence electrons. The molecule has 1 aromatic carbocycles. The van der Waals surface area contributed by atoms with Crippen molar-refractivity contribution >= 4 is 11.6 Å². The highest BCUT2D eigenvalue weighted by Gasteiger charge is 2.06. The number of hydrogen-bond donors (Lipinski definition) is 3. The van der Waals surface area contributed by atoms with Crippen LogP contribution >= 0.6 is 0 Å². The molecule has 5 nitrogen and oxygen atoms in total. The molecule has 1 aromatic rings. The number of anilines is 1. The molecule has 18 heavy (non-hydrogen) atoms. The molecule has 1 atom stereocenters. The highest BCUT2D eigenvalue weighted by molar-refractivity contribution is 5.76. The Hall–Kier alpha value is -1.75. The molecule has 0 aliphatic heterocycles. The molecular weight excluding hydrogens is 232 g/mol. The molecule has 0 bridgehead atoms. The number of benzene rings is 1. The molecule has 0 spiro atoms. The molecule has 5 heteroatoms. The fourth-order valence-corrected chi connectivity index (χ4v) is 1.44. The lowest BCUT2D eigenvalue weighted by Crippen LogP contribution is -2.33. The van der Waals surface area contributed by atoms with Crippen LogP contribution in [-0.4, -0.2) is 30.3 Å². The van der Waals surface area contributed by atoms with E-state index in [4.69, 9.17) is 15.6 Å². The van der Waals surface area contributed by atoms with Crippen LogP contribution < -0.4 is 15.8 Å². The maximum absolute atomic E-state index is 11.5. The maximum Gasteiger partial charge on any atom is 0.223 e. The molecule has 1 amide bonds. The lowest BCUT2D eigenvalue weighted by atomic mass is 10.2. The van der Waals surface area contributed by atoms with Gasteiger partial charge in [-0.25, -0.2) is 0 Å². The van der Waals surface area contributed by atoms with Crippen molar-refractivity contribution in [3.05, 3.63) is 24.3 Å². The molecule has 0 radical (unpaired) electrons. The number of aliphatic hydroxyl groups excluding tert-OH is 1. The first-order valence-electron chi connectivity index (χ1n) is 6.00. The summed E-state index contributed by atoms with van der Waals surface area (Å²) in [4.78, 5) is 11.5. The van der Waals surface area contributed by atoms with Crippen LogP contribution in [0.2, 0.25) is 0 Å². The van der Waals surface area contributed by atoms with E-state index in [1.165, 1.54) is 0 Å². The van der Waals surface area contributed by atoms with Gasteiger partial charge in [-0.2, -0.15) is 0 Å². The lowest BCUT2D eigenvalue weighted by molar-refractivity contribution is -0.122. The van der Waals surface area contributed by atoms with E-state index in [1.807, 2.05) is 6.92 Å². The summed E-state index contributed by atoms with van der Waals surface area (Å²) in [5.74, 6) is 0.617. The van der Waals surface area contributed by atoms with Crippen LogP contribution in [0.25, 0.3) is 0 Å². The number of nitrogens with one attached hydrogen (secondary N) is 1. The van der Waals surface area contributed by atoms with Crippen LogP contribution in [0.4, 0.5) is 5.69 Å². The Labute approximate surface area is 107 Å². The van der Waals surface area contributed by atoms with Crippen molar-refractivity contribution in [3.63, 3.8) is 0 Å². The number of nitrogen functional groups attached to an aromatic ring is 1. The van der Waals surface area contributed by atoms with Crippen molar-refractivity contribution in [2.24, 2.45) is 0 Å². The number of amides is 1. The summed E-state index contributed by atoms with van der Waals surface area (Å²) in [5.41, 5.74) is 6.23. The maximum atomic E-state index is 11.5. The van der Waals surface area contributed by atoms with Gasteiger partial charge in [0.15, 0.2) is 0 Å². The minimum atomic E-state index is -0.0774. The van der Waals surface area contributed by atoms with Crippen molar-refractivity contribution < 1.29 is 14.6 Å². The van der Waals surface area contributed by atoms with E-state index in [0.717, 1.165) is 0 Å². The molecular formula is C13H20N2O3. The molecule has 4 N–H and O–H groups in total. The van der Waals surface area contributed by atoms with Gasteiger partial charge >= 0.3 is 0 Å². The van der Waals surface area contributed by atoms with Gasteiger partial charge in [0.05, 0.1) is 13.0 Å². The van der Waals surface area contributed by atoms with E-state index < -0.39 is 0 Å². The number of ether oxygens (including phenoxy) is 1. The van der Waals surface area contributed by atoms with E-state index in [1.54, 1.807) is 24.3 Å². The van der Waals surface area contributed by atoms with E-state index in [0.29, 0.717) is 30.9 Å². The van der Waals surface area contributed by atoms with Gasteiger partial charge in [-0.1, -0.05) is 0 Å². The minimum Gasteiger partial charge on any atom is -0.493 e. The molecule has 0 heterocycles. The Morgan fingerprint density at radius 2 is 2.11 bits per heavy atom. The Bertz CT molecular complexity index is 365. The van der Waals surface area contributed by atoms with Crippen LogP contribution in [0.15, 0.2) is 24.3 Å². The van der Waals surface area contributed by atoms with E-state index in [2.05, 4.69) is 5.32 Å². The summed E-state index contributed by atoms with van der Waals surface area (Å²) < 4.78 is 5.41. The first-order chi connectivity index (χ1) is 8.61. The highest BCUT2D eigenvalue weighted by atomic mass is 16.5. The fraction of sp³-hybridized carbons (Fsp3) is 0.462. The first-order valence-corrected chi connectivity index (χ1v) is 6.00. The molecule has 1 rings (SSSR count). The zero-order chi connectivity index (χ0) is 13.4. The second-order valence-corrected chi connectivity index (χ2v) is 4.15. The van der Waals surface area contributed by atoms with Crippen LogP contribution in [0.3, 0.4) is 0 Å². The van der Waals surface area contributed by atoms with Crippen molar-refractivity contribution in [1.29, 1.82) is 0 Å². The van der Waals surface area contributed by atoms with E-state index >= 15 is 0 Å². The standard InChI is InChI=1S/C13H20N2O3/c1-10(6-8-16)15-13(17)7-9-18-12-4-2-11(14)3-5-12/h2-5,10,16H,6-9,14H2,1H3,(H,15,17). The van der Waals surface area contributed by atoms with Crippen molar-refractivity contribution in [2.45, 2.75) is 25.8 Å². The molecule has 0 saturated carbocycles. The molecule has 0 aliphatic carbocycles. The SMILES string of the molecule is CC(CCO)NC(=O)CCOc1ccc(N)cc1. The summed E-state index contributed by atoms with van der Waals surface area (Å²) in [5, 5.41) is 11.5. The van der Waals surface area contributed by atoms with E-state index in [-0.39, 0.29) is 18.6 Å². The topological polar surface area (TPSA) is 84.6 Å². The predicted molar refractivity (Wildman–Crippen MR) is 70.3 cm³/mol. The number of hydrogen-bond acceptors (Lipinski definition) is 4. The average Bonchev–Trinajstić information content (AvgIpc) is 2.32.